The molecule has 0 saturated carbocycles. The van der Waals surface area contributed by atoms with Crippen LogP contribution in [0, 0.1) is 17.3 Å². The number of rotatable bonds is 10. The van der Waals surface area contributed by atoms with Gasteiger partial charge in [-0.2, -0.15) is 0 Å². The lowest BCUT2D eigenvalue weighted by Crippen LogP contribution is -2.44. The van der Waals surface area contributed by atoms with Crippen LogP contribution in [0.2, 0.25) is 0 Å². The van der Waals surface area contributed by atoms with E-state index in [0.29, 0.717) is 5.41 Å². The SMILES string of the molecule is CCC(CC)(CNCC(C)C)CN(C)CC1CCCOC1. The fourth-order valence-electron chi connectivity index (χ4n) is 3.43. The Morgan fingerprint density at radius 3 is 2.52 bits per heavy atom. The van der Waals surface area contributed by atoms with Crippen LogP contribution in [0.1, 0.15) is 53.4 Å². The van der Waals surface area contributed by atoms with Crippen molar-refractivity contribution < 1.29 is 4.74 Å². The molecule has 1 aliphatic heterocycles. The summed E-state index contributed by atoms with van der Waals surface area (Å²) >= 11 is 0. The Labute approximate surface area is 132 Å². The largest absolute Gasteiger partial charge is 0.381 e. The minimum Gasteiger partial charge on any atom is -0.381 e. The van der Waals surface area contributed by atoms with Crippen LogP contribution in [0.5, 0.6) is 0 Å². The van der Waals surface area contributed by atoms with E-state index in [4.69, 9.17) is 4.74 Å². The number of hydrogen-bond donors (Lipinski definition) is 1. The van der Waals surface area contributed by atoms with Gasteiger partial charge in [-0.05, 0) is 56.5 Å². The molecule has 1 fully saturated rings. The quantitative estimate of drug-likeness (QED) is 0.669. The lowest BCUT2D eigenvalue weighted by atomic mass is 9.81. The Kier molecular flexibility index (Phi) is 8.84. The van der Waals surface area contributed by atoms with E-state index in [0.717, 1.165) is 38.1 Å². The zero-order chi connectivity index (χ0) is 15.7. The van der Waals surface area contributed by atoms with E-state index < -0.39 is 0 Å². The first-order valence-corrected chi connectivity index (χ1v) is 8.98. The summed E-state index contributed by atoms with van der Waals surface area (Å²) in [7, 11) is 2.29. The molecule has 1 atom stereocenters. The van der Waals surface area contributed by atoms with E-state index >= 15 is 0 Å². The average Bonchev–Trinajstić information content (AvgIpc) is 2.46. The highest BCUT2D eigenvalue weighted by molar-refractivity contribution is 4.83. The molecule has 3 heteroatoms. The standard InChI is InChI=1S/C18H38N2O/c1-6-18(7-2,14-19-11-16(3)4)15-20(5)12-17-9-8-10-21-13-17/h16-17,19H,6-15H2,1-5H3. The molecule has 1 rings (SSSR count). The first-order valence-electron chi connectivity index (χ1n) is 8.98. The molecule has 21 heavy (non-hydrogen) atoms. The highest BCUT2D eigenvalue weighted by atomic mass is 16.5. The average molecular weight is 299 g/mol. The number of nitrogens with zero attached hydrogens (tertiary/aromatic N) is 1. The van der Waals surface area contributed by atoms with Crippen molar-refractivity contribution in [2.45, 2.75) is 53.4 Å². The van der Waals surface area contributed by atoms with Gasteiger partial charge in [-0.15, -0.1) is 0 Å². The molecule has 0 radical (unpaired) electrons. The molecule has 126 valence electrons. The third kappa shape index (κ3) is 7.12. The summed E-state index contributed by atoms with van der Waals surface area (Å²) in [6.45, 7) is 15.8. The van der Waals surface area contributed by atoms with Gasteiger partial charge >= 0.3 is 0 Å². The van der Waals surface area contributed by atoms with Gasteiger partial charge in [0.2, 0.25) is 0 Å². The second kappa shape index (κ2) is 9.81. The zero-order valence-corrected chi connectivity index (χ0v) is 15.1. The normalized spacial score (nSPS) is 20.4. The summed E-state index contributed by atoms with van der Waals surface area (Å²) in [5.74, 6) is 1.47. The summed E-state index contributed by atoms with van der Waals surface area (Å²) in [5.41, 5.74) is 0.416. The maximum Gasteiger partial charge on any atom is 0.0506 e. The highest BCUT2D eigenvalue weighted by Gasteiger charge is 2.28. The lowest BCUT2D eigenvalue weighted by molar-refractivity contribution is 0.0344. The summed E-state index contributed by atoms with van der Waals surface area (Å²) in [5, 5.41) is 3.69. The van der Waals surface area contributed by atoms with Gasteiger partial charge in [-0.3, -0.25) is 0 Å². The highest BCUT2D eigenvalue weighted by Crippen LogP contribution is 2.27. The van der Waals surface area contributed by atoms with Crippen LogP contribution in [0.25, 0.3) is 0 Å². The molecule has 0 aromatic rings. The molecule has 1 N–H and O–H groups in total. The van der Waals surface area contributed by atoms with Gasteiger partial charge in [0.1, 0.15) is 0 Å². The summed E-state index contributed by atoms with van der Waals surface area (Å²) in [6.07, 6.45) is 5.07. The van der Waals surface area contributed by atoms with E-state index in [1.807, 2.05) is 0 Å². The molecule has 1 aliphatic rings. The molecule has 1 saturated heterocycles. The Bertz CT molecular complexity index is 258. The topological polar surface area (TPSA) is 24.5 Å². The zero-order valence-electron chi connectivity index (χ0n) is 15.1. The molecule has 0 bridgehead atoms. The minimum atomic E-state index is 0.416. The molecule has 3 nitrogen and oxygen atoms in total. The Morgan fingerprint density at radius 2 is 2.00 bits per heavy atom. The first-order chi connectivity index (χ1) is 10.0. The van der Waals surface area contributed by atoms with Gasteiger partial charge in [-0.25, -0.2) is 0 Å². The minimum absolute atomic E-state index is 0.416. The maximum atomic E-state index is 5.62. The van der Waals surface area contributed by atoms with Crippen molar-refractivity contribution in [1.82, 2.24) is 10.2 Å². The lowest BCUT2D eigenvalue weighted by Gasteiger charge is -2.38. The fraction of sp³-hybridized carbons (Fsp3) is 1.00. The van der Waals surface area contributed by atoms with E-state index in [1.54, 1.807) is 0 Å². The molecule has 0 amide bonds. The predicted molar refractivity (Wildman–Crippen MR) is 91.8 cm³/mol. The van der Waals surface area contributed by atoms with Crippen LogP contribution in [0.15, 0.2) is 0 Å². The van der Waals surface area contributed by atoms with E-state index in [2.05, 4.69) is 45.0 Å². The Morgan fingerprint density at radius 1 is 1.29 bits per heavy atom. The molecule has 0 aromatic carbocycles. The summed E-state index contributed by atoms with van der Waals surface area (Å²) in [4.78, 5) is 2.55. The van der Waals surface area contributed by atoms with Gasteiger partial charge < -0.3 is 15.0 Å². The fourth-order valence-corrected chi connectivity index (χ4v) is 3.43. The monoisotopic (exact) mass is 298 g/mol. The van der Waals surface area contributed by atoms with Crippen molar-refractivity contribution in [2.75, 3.05) is 46.4 Å². The van der Waals surface area contributed by atoms with Crippen LogP contribution in [0.3, 0.4) is 0 Å². The van der Waals surface area contributed by atoms with Crippen LogP contribution >= 0.6 is 0 Å². The van der Waals surface area contributed by atoms with Crippen LogP contribution in [-0.4, -0.2) is 51.3 Å². The molecule has 1 unspecified atom stereocenters. The molecular formula is C18H38N2O. The van der Waals surface area contributed by atoms with Crippen LogP contribution in [-0.2, 0) is 4.74 Å². The maximum absolute atomic E-state index is 5.62. The molecule has 0 aliphatic carbocycles. The van der Waals surface area contributed by atoms with Gasteiger partial charge in [0.15, 0.2) is 0 Å². The van der Waals surface area contributed by atoms with Crippen molar-refractivity contribution in [3.05, 3.63) is 0 Å². The van der Waals surface area contributed by atoms with Gasteiger partial charge in [0.05, 0.1) is 6.61 Å². The van der Waals surface area contributed by atoms with Crippen molar-refractivity contribution in [3.8, 4) is 0 Å². The van der Waals surface area contributed by atoms with Gasteiger partial charge in [0.25, 0.3) is 0 Å². The third-order valence-corrected chi connectivity index (χ3v) is 4.98. The van der Waals surface area contributed by atoms with Crippen molar-refractivity contribution >= 4 is 0 Å². The van der Waals surface area contributed by atoms with Crippen LogP contribution < -0.4 is 5.32 Å². The van der Waals surface area contributed by atoms with Crippen LogP contribution in [0.4, 0.5) is 0 Å². The number of nitrogens with one attached hydrogen (secondary N) is 1. The molecular weight excluding hydrogens is 260 g/mol. The first kappa shape index (κ1) is 18.9. The van der Waals surface area contributed by atoms with Crippen molar-refractivity contribution in [3.63, 3.8) is 0 Å². The Hall–Kier alpha value is -0.120. The Balaban J connectivity index is 2.42. The van der Waals surface area contributed by atoms with Crippen molar-refractivity contribution in [1.29, 1.82) is 0 Å². The molecule has 0 spiro atoms. The van der Waals surface area contributed by atoms with Gasteiger partial charge in [-0.1, -0.05) is 27.7 Å². The third-order valence-electron chi connectivity index (χ3n) is 4.98. The van der Waals surface area contributed by atoms with E-state index in [1.165, 1.54) is 38.8 Å². The summed E-state index contributed by atoms with van der Waals surface area (Å²) in [6, 6.07) is 0. The second-order valence-electron chi connectivity index (χ2n) is 7.51. The van der Waals surface area contributed by atoms with E-state index in [-0.39, 0.29) is 0 Å². The summed E-state index contributed by atoms with van der Waals surface area (Å²) < 4.78 is 5.62. The van der Waals surface area contributed by atoms with Crippen molar-refractivity contribution in [2.24, 2.45) is 17.3 Å². The second-order valence-corrected chi connectivity index (χ2v) is 7.51. The molecule has 1 heterocycles. The number of ether oxygens (including phenoxy) is 1. The predicted octanol–water partition coefficient (Wildman–Crippen LogP) is 3.40. The van der Waals surface area contributed by atoms with Gasteiger partial charge in [0, 0.05) is 26.2 Å². The molecule has 0 aromatic heterocycles. The smallest absolute Gasteiger partial charge is 0.0506 e. The van der Waals surface area contributed by atoms with E-state index in [9.17, 15) is 0 Å². The number of hydrogen-bond acceptors (Lipinski definition) is 3.